The van der Waals surface area contributed by atoms with Gasteiger partial charge in [-0.1, -0.05) is 11.6 Å². The lowest BCUT2D eigenvalue weighted by Crippen LogP contribution is -2.33. The zero-order valence-electron chi connectivity index (χ0n) is 9.48. The van der Waals surface area contributed by atoms with Gasteiger partial charge in [0.05, 0.1) is 29.8 Å². The van der Waals surface area contributed by atoms with Gasteiger partial charge in [0.2, 0.25) is 0 Å². The van der Waals surface area contributed by atoms with Gasteiger partial charge in [-0.15, -0.1) is 11.3 Å². The normalized spacial score (nSPS) is 30.6. The number of ether oxygens (including phenoxy) is 2. The Bertz CT molecular complexity index is 334. The molecule has 1 saturated heterocycles. The summed E-state index contributed by atoms with van der Waals surface area (Å²) in [7, 11) is 0. The van der Waals surface area contributed by atoms with Crippen molar-refractivity contribution in [1.29, 1.82) is 0 Å². The summed E-state index contributed by atoms with van der Waals surface area (Å²) >= 11 is 7.24. The molecule has 0 N–H and O–H groups in total. The van der Waals surface area contributed by atoms with Crippen LogP contribution in [0, 0.1) is 0 Å². The van der Waals surface area contributed by atoms with Crippen molar-refractivity contribution >= 4 is 22.9 Å². The lowest BCUT2D eigenvalue weighted by molar-refractivity contribution is -0.105. The van der Waals surface area contributed by atoms with E-state index in [4.69, 9.17) is 21.1 Å². The fourth-order valence-electron chi connectivity index (χ4n) is 2.03. The number of halogens is 1. The van der Waals surface area contributed by atoms with Gasteiger partial charge in [0.15, 0.2) is 4.47 Å². The van der Waals surface area contributed by atoms with Crippen LogP contribution in [0.5, 0.6) is 0 Å². The van der Waals surface area contributed by atoms with Crippen LogP contribution in [0.1, 0.15) is 31.6 Å². The highest BCUT2D eigenvalue weighted by molar-refractivity contribution is 7.15. The van der Waals surface area contributed by atoms with Crippen LogP contribution in [-0.2, 0) is 16.1 Å². The maximum Gasteiger partial charge on any atom is 0.183 e. The van der Waals surface area contributed by atoms with Crippen LogP contribution in [0.15, 0.2) is 6.20 Å². The van der Waals surface area contributed by atoms with E-state index in [1.807, 2.05) is 0 Å². The molecule has 1 fully saturated rings. The standard InChI is InChI=1S/C11H16ClNO2S/c1-7-3-9(4-8(2)15-7)14-6-10-5-13-11(12)16-10/h5,7-9H,3-4,6H2,1-2H3. The summed E-state index contributed by atoms with van der Waals surface area (Å²) < 4.78 is 12.1. The molecule has 2 unspecified atom stereocenters. The van der Waals surface area contributed by atoms with Crippen molar-refractivity contribution in [2.24, 2.45) is 0 Å². The average Bonchev–Trinajstić information content (AvgIpc) is 2.60. The van der Waals surface area contributed by atoms with Crippen LogP contribution in [0.25, 0.3) is 0 Å². The van der Waals surface area contributed by atoms with E-state index in [0.717, 1.165) is 17.7 Å². The first-order valence-corrected chi connectivity index (χ1v) is 6.70. The number of aromatic nitrogens is 1. The molecule has 1 aliphatic rings. The second-order valence-electron chi connectivity index (χ2n) is 4.24. The molecule has 2 atom stereocenters. The summed E-state index contributed by atoms with van der Waals surface area (Å²) in [5.41, 5.74) is 0. The van der Waals surface area contributed by atoms with Crippen molar-refractivity contribution in [3.63, 3.8) is 0 Å². The lowest BCUT2D eigenvalue weighted by atomic mass is 10.0. The van der Waals surface area contributed by atoms with Crippen molar-refractivity contribution in [3.8, 4) is 0 Å². The molecule has 0 spiro atoms. The van der Waals surface area contributed by atoms with Gasteiger partial charge in [0.25, 0.3) is 0 Å². The maximum absolute atomic E-state index is 5.85. The van der Waals surface area contributed by atoms with Crippen molar-refractivity contribution in [1.82, 2.24) is 4.98 Å². The summed E-state index contributed by atoms with van der Waals surface area (Å²) in [6.45, 7) is 4.79. The highest BCUT2D eigenvalue weighted by Gasteiger charge is 2.24. The number of hydrogen-bond donors (Lipinski definition) is 0. The van der Waals surface area contributed by atoms with Gasteiger partial charge in [-0.2, -0.15) is 0 Å². The van der Waals surface area contributed by atoms with Crippen LogP contribution < -0.4 is 0 Å². The van der Waals surface area contributed by atoms with Crippen LogP contribution in [0.3, 0.4) is 0 Å². The van der Waals surface area contributed by atoms with E-state index in [2.05, 4.69) is 18.8 Å². The number of thiazole rings is 1. The Kier molecular flexibility index (Phi) is 4.19. The fraction of sp³-hybridized carbons (Fsp3) is 0.727. The molecule has 3 nitrogen and oxygen atoms in total. The van der Waals surface area contributed by atoms with E-state index < -0.39 is 0 Å². The molecule has 90 valence electrons. The molecule has 2 rings (SSSR count). The SMILES string of the molecule is CC1CC(OCc2cnc(Cl)s2)CC(C)O1. The Hall–Kier alpha value is -0.160. The van der Waals surface area contributed by atoms with Gasteiger partial charge in [-0.25, -0.2) is 4.98 Å². The summed E-state index contributed by atoms with van der Waals surface area (Å²) in [6, 6.07) is 0. The van der Waals surface area contributed by atoms with Crippen molar-refractivity contribution in [2.45, 2.75) is 51.6 Å². The lowest BCUT2D eigenvalue weighted by Gasteiger charge is -2.31. The minimum Gasteiger partial charge on any atom is -0.375 e. The van der Waals surface area contributed by atoms with Gasteiger partial charge in [-0.3, -0.25) is 0 Å². The third-order valence-electron chi connectivity index (χ3n) is 2.64. The summed E-state index contributed by atoms with van der Waals surface area (Å²) in [5.74, 6) is 0. The largest absolute Gasteiger partial charge is 0.375 e. The highest BCUT2D eigenvalue weighted by Crippen LogP contribution is 2.24. The molecule has 0 aromatic carbocycles. The average molecular weight is 262 g/mol. The van der Waals surface area contributed by atoms with E-state index in [0.29, 0.717) is 29.4 Å². The molecule has 0 radical (unpaired) electrons. The first-order valence-electron chi connectivity index (χ1n) is 5.50. The number of nitrogens with zero attached hydrogens (tertiary/aromatic N) is 1. The molecular formula is C11H16ClNO2S. The van der Waals surface area contributed by atoms with Crippen LogP contribution in [0.4, 0.5) is 0 Å². The molecule has 0 amide bonds. The molecule has 0 bridgehead atoms. The first-order chi connectivity index (χ1) is 7.63. The molecular weight excluding hydrogens is 246 g/mol. The van der Waals surface area contributed by atoms with Gasteiger partial charge in [0.1, 0.15) is 0 Å². The van der Waals surface area contributed by atoms with Crippen molar-refractivity contribution in [3.05, 3.63) is 15.5 Å². The Balaban J connectivity index is 1.81. The van der Waals surface area contributed by atoms with Gasteiger partial charge in [-0.05, 0) is 26.7 Å². The van der Waals surface area contributed by atoms with Gasteiger partial charge in [0, 0.05) is 6.20 Å². The molecule has 16 heavy (non-hydrogen) atoms. The van der Waals surface area contributed by atoms with E-state index in [1.165, 1.54) is 11.3 Å². The minimum absolute atomic E-state index is 0.291. The Morgan fingerprint density at radius 3 is 2.75 bits per heavy atom. The van der Waals surface area contributed by atoms with E-state index >= 15 is 0 Å². The maximum atomic E-state index is 5.85. The quantitative estimate of drug-likeness (QED) is 0.837. The monoisotopic (exact) mass is 261 g/mol. The minimum atomic E-state index is 0.291. The Morgan fingerprint density at radius 2 is 2.19 bits per heavy atom. The van der Waals surface area contributed by atoms with E-state index in [-0.39, 0.29) is 0 Å². The fourth-order valence-corrected chi connectivity index (χ4v) is 2.93. The predicted octanol–water partition coefficient (Wildman–Crippen LogP) is 3.27. The number of hydrogen-bond acceptors (Lipinski definition) is 4. The summed E-state index contributed by atoms with van der Waals surface area (Å²) in [4.78, 5) is 5.07. The van der Waals surface area contributed by atoms with Gasteiger partial charge >= 0.3 is 0 Å². The van der Waals surface area contributed by atoms with Crippen LogP contribution in [-0.4, -0.2) is 23.3 Å². The molecule has 2 heterocycles. The smallest absolute Gasteiger partial charge is 0.183 e. The van der Waals surface area contributed by atoms with Crippen molar-refractivity contribution < 1.29 is 9.47 Å². The first kappa shape index (κ1) is 12.3. The molecule has 0 saturated carbocycles. The topological polar surface area (TPSA) is 31.4 Å². The summed E-state index contributed by atoms with van der Waals surface area (Å²) in [6.07, 6.45) is 4.59. The molecule has 0 aliphatic carbocycles. The Labute approximate surface area is 105 Å². The third-order valence-corrected chi connectivity index (χ3v) is 3.73. The Morgan fingerprint density at radius 1 is 1.50 bits per heavy atom. The van der Waals surface area contributed by atoms with Crippen molar-refractivity contribution in [2.75, 3.05) is 0 Å². The van der Waals surface area contributed by atoms with Crippen LogP contribution in [0.2, 0.25) is 4.47 Å². The third kappa shape index (κ3) is 3.42. The zero-order valence-corrected chi connectivity index (χ0v) is 11.1. The molecule has 5 heteroatoms. The molecule has 1 aromatic rings. The van der Waals surface area contributed by atoms with Crippen LogP contribution >= 0.6 is 22.9 Å². The zero-order chi connectivity index (χ0) is 11.5. The predicted molar refractivity (Wildman–Crippen MR) is 64.9 cm³/mol. The second kappa shape index (κ2) is 5.45. The highest BCUT2D eigenvalue weighted by atomic mass is 35.5. The van der Waals surface area contributed by atoms with E-state index in [9.17, 15) is 0 Å². The molecule has 1 aliphatic heterocycles. The second-order valence-corrected chi connectivity index (χ2v) is 5.94. The molecule has 1 aromatic heterocycles. The van der Waals surface area contributed by atoms with Gasteiger partial charge < -0.3 is 9.47 Å². The number of rotatable bonds is 3. The summed E-state index contributed by atoms with van der Waals surface area (Å²) in [5, 5.41) is 0. The van der Waals surface area contributed by atoms with E-state index in [1.54, 1.807) is 6.20 Å².